The molecule has 0 aromatic heterocycles. The summed E-state index contributed by atoms with van der Waals surface area (Å²) in [7, 11) is -3.54. The quantitative estimate of drug-likeness (QED) is 0.549. The standard InChI is InChI=1S/C26H26F4N2O4S/c1-37(35,36)18-5-2-4-16(12-18)24(34)32-14-25(10-3-11-25)22(32)23(33)31-21(15-6-7-15)19-9-8-17(13-20(19)27)26(28,29)30/h2,4-5,8-9,12-13,15,21-22H,3,6-7,10-11,14H2,1H3,(H,31,33)/t21-,22-/m1/s1. The van der Waals surface area contributed by atoms with Crippen molar-refractivity contribution in [2.75, 3.05) is 12.8 Å². The molecule has 37 heavy (non-hydrogen) atoms. The van der Waals surface area contributed by atoms with Crippen LogP contribution in [0.1, 0.15) is 59.6 Å². The van der Waals surface area contributed by atoms with E-state index in [-0.39, 0.29) is 21.9 Å². The fourth-order valence-electron chi connectivity index (χ4n) is 5.50. The number of carbonyl (C=O) groups excluding carboxylic acids is 2. The number of likely N-dealkylation sites (tertiary alicyclic amines) is 1. The van der Waals surface area contributed by atoms with E-state index in [4.69, 9.17) is 0 Å². The van der Waals surface area contributed by atoms with Crippen LogP contribution in [0.5, 0.6) is 0 Å². The number of nitrogens with one attached hydrogen (secondary N) is 1. The predicted molar refractivity (Wildman–Crippen MR) is 126 cm³/mol. The van der Waals surface area contributed by atoms with Crippen molar-refractivity contribution in [2.24, 2.45) is 11.3 Å². The largest absolute Gasteiger partial charge is 0.416 e. The van der Waals surface area contributed by atoms with Crippen LogP contribution in [-0.2, 0) is 20.8 Å². The summed E-state index contributed by atoms with van der Waals surface area (Å²) >= 11 is 0. The van der Waals surface area contributed by atoms with Gasteiger partial charge in [0.1, 0.15) is 11.9 Å². The first kappa shape index (κ1) is 25.7. The summed E-state index contributed by atoms with van der Waals surface area (Å²) in [5.41, 5.74) is -1.37. The van der Waals surface area contributed by atoms with Crippen LogP contribution < -0.4 is 5.32 Å². The first-order chi connectivity index (χ1) is 17.3. The third-order valence-electron chi connectivity index (χ3n) is 7.80. The Balaban J connectivity index is 1.40. The summed E-state index contributed by atoms with van der Waals surface area (Å²) in [5.74, 6) is -2.10. The SMILES string of the molecule is CS(=O)(=O)c1cccc(C(=O)N2CC3(CCC3)[C@H]2C(=O)N[C@@H](c2ccc(C(F)(F)F)cc2F)C2CC2)c1. The van der Waals surface area contributed by atoms with Gasteiger partial charge in [0, 0.05) is 29.3 Å². The maximum absolute atomic E-state index is 14.8. The van der Waals surface area contributed by atoms with E-state index in [1.54, 1.807) is 0 Å². The van der Waals surface area contributed by atoms with Crippen LogP contribution in [0, 0.1) is 17.2 Å². The van der Waals surface area contributed by atoms with Gasteiger partial charge in [0.15, 0.2) is 9.84 Å². The summed E-state index contributed by atoms with van der Waals surface area (Å²) in [6.45, 7) is 0.343. The number of nitrogens with zero attached hydrogens (tertiary/aromatic N) is 1. The smallest absolute Gasteiger partial charge is 0.347 e. The lowest BCUT2D eigenvalue weighted by atomic mass is 9.57. The molecule has 2 amide bonds. The topological polar surface area (TPSA) is 83.6 Å². The van der Waals surface area contributed by atoms with Gasteiger partial charge in [-0.3, -0.25) is 9.59 Å². The highest BCUT2D eigenvalue weighted by Crippen LogP contribution is 2.54. The van der Waals surface area contributed by atoms with Crippen LogP contribution in [0.3, 0.4) is 0 Å². The minimum Gasteiger partial charge on any atom is -0.347 e. The van der Waals surface area contributed by atoms with E-state index in [9.17, 15) is 35.6 Å². The zero-order chi connectivity index (χ0) is 26.8. The van der Waals surface area contributed by atoms with Gasteiger partial charge in [-0.2, -0.15) is 13.2 Å². The number of sulfone groups is 1. The first-order valence-corrected chi connectivity index (χ1v) is 14.0. The average molecular weight is 539 g/mol. The number of halogens is 4. The molecule has 0 unspecified atom stereocenters. The predicted octanol–water partition coefficient (Wildman–Crippen LogP) is 4.51. The van der Waals surface area contributed by atoms with Gasteiger partial charge >= 0.3 is 6.18 Å². The Morgan fingerprint density at radius 1 is 1.11 bits per heavy atom. The van der Waals surface area contributed by atoms with Crippen molar-refractivity contribution in [3.05, 3.63) is 65.0 Å². The van der Waals surface area contributed by atoms with Gasteiger partial charge in [0.05, 0.1) is 16.5 Å². The van der Waals surface area contributed by atoms with E-state index in [0.717, 1.165) is 37.7 Å². The maximum Gasteiger partial charge on any atom is 0.416 e. The molecule has 2 aromatic carbocycles. The van der Waals surface area contributed by atoms with Crippen LogP contribution in [0.25, 0.3) is 0 Å². The van der Waals surface area contributed by atoms with Crippen LogP contribution >= 0.6 is 0 Å². The van der Waals surface area contributed by atoms with E-state index in [1.807, 2.05) is 0 Å². The number of amides is 2. The molecule has 1 spiro atoms. The normalized spacial score (nSPS) is 21.6. The average Bonchev–Trinajstić information content (AvgIpc) is 3.60. The molecule has 2 atom stereocenters. The van der Waals surface area contributed by atoms with Crippen molar-refractivity contribution >= 4 is 21.7 Å². The molecule has 1 aliphatic heterocycles. The van der Waals surface area contributed by atoms with Gasteiger partial charge in [-0.05, 0) is 61.9 Å². The highest BCUT2D eigenvalue weighted by atomic mass is 32.2. The van der Waals surface area contributed by atoms with E-state index >= 15 is 0 Å². The summed E-state index contributed by atoms with van der Waals surface area (Å²) in [4.78, 5) is 28.3. The molecule has 1 heterocycles. The summed E-state index contributed by atoms with van der Waals surface area (Å²) < 4.78 is 77.7. The highest BCUT2D eigenvalue weighted by molar-refractivity contribution is 7.90. The lowest BCUT2D eigenvalue weighted by molar-refractivity contribution is -0.153. The highest BCUT2D eigenvalue weighted by Gasteiger charge is 2.61. The molecule has 3 aliphatic rings. The van der Waals surface area contributed by atoms with Gasteiger partial charge in [-0.25, -0.2) is 12.8 Å². The third-order valence-corrected chi connectivity index (χ3v) is 8.91. The monoisotopic (exact) mass is 538 g/mol. The first-order valence-electron chi connectivity index (χ1n) is 12.1. The number of rotatable bonds is 6. The molecule has 1 saturated heterocycles. The van der Waals surface area contributed by atoms with Gasteiger partial charge in [0.2, 0.25) is 5.91 Å². The minimum atomic E-state index is -4.69. The molecule has 0 radical (unpaired) electrons. The maximum atomic E-state index is 14.8. The second kappa shape index (κ2) is 8.82. The van der Waals surface area contributed by atoms with E-state index in [2.05, 4.69) is 5.32 Å². The Morgan fingerprint density at radius 2 is 1.81 bits per heavy atom. The number of hydrogen-bond donors (Lipinski definition) is 1. The summed E-state index contributed by atoms with van der Waals surface area (Å²) in [6.07, 6.45) is 0.120. The Kier molecular flexibility index (Phi) is 6.12. The molecule has 6 nitrogen and oxygen atoms in total. The molecule has 1 N–H and O–H groups in total. The molecule has 198 valence electrons. The molecule has 3 fully saturated rings. The number of benzene rings is 2. The van der Waals surface area contributed by atoms with Gasteiger partial charge in [-0.15, -0.1) is 0 Å². The molecule has 0 bridgehead atoms. The fraction of sp³-hybridized carbons (Fsp3) is 0.462. The van der Waals surface area contributed by atoms with Crippen molar-refractivity contribution in [2.45, 2.75) is 55.3 Å². The van der Waals surface area contributed by atoms with Crippen molar-refractivity contribution in [3.63, 3.8) is 0 Å². The van der Waals surface area contributed by atoms with E-state index < -0.39 is 56.7 Å². The lowest BCUT2D eigenvalue weighted by Gasteiger charge is -2.61. The van der Waals surface area contributed by atoms with Crippen molar-refractivity contribution in [3.8, 4) is 0 Å². The molecule has 11 heteroatoms. The fourth-order valence-corrected chi connectivity index (χ4v) is 6.17. The molecular weight excluding hydrogens is 512 g/mol. The van der Waals surface area contributed by atoms with Crippen molar-refractivity contribution in [1.29, 1.82) is 0 Å². The zero-order valence-electron chi connectivity index (χ0n) is 20.0. The van der Waals surface area contributed by atoms with Crippen LogP contribution in [0.15, 0.2) is 47.4 Å². The number of hydrogen-bond acceptors (Lipinski definition) is 4. The van der Waals surface area contributed by atoms with Crippen LogP contribution in [-0.4, -0.2) is 44.0 Å². The van der Waals surface area contributed by atoms with E-state index in [1.165, 1.54) is 29.2 Å². The Labute approximate surface area is 212 Å². The molecular formula is C26H26F4N2O4S. The minimum absolute atomic E-state index is 0.00944. The third kappa shape index (κ3) is 4.73. The number of carbonyl (C=O) groups is 2. The van der Waals surface area contributed by atoms with Gasteiger partial charge in [0.25, 0.3) is 5.91 Å². The second-order valence-electron chi connectivity index (χ2n) is 10.4. The number of alkyl halides is 3. The zero-order valence-corrected chi connectivity index (χ0v) is 20.8. The second-order valence-corrected chi connectivity index (χ2v) is 12.4. The molecule has 2 aliphatic carbocycles. The van der Waals surface area contributed by atoms with Crippen LogP contribution in [0.2, 0.25) is 0 Å². The molecule has 2 saturated carbocycles. The molecule has 2 aromatic rings. The van der Waals surface area contributed by atoms with Gasteiger partial charge in [-0.1, -0.05) is 18.6 Å². The van der Waals surface area contributed by atoms with Gasteiger partial charge < -0.3 is 10.2 Å². The Bertz CT molecular complexity index is 1370. The lowest BCUT2D eigenvalue weighted by Crippen LogP contribution is -2.73. The Morgan fingerprint density at radius 3 is 2.35 bits per heavy atom. The summed E-state index contributed by atoms with van der Waals surface area (Å²) in [6, 6.07) is 6.31. The Hall–Kier alpha value is -2.95. The van der Waals surface area contributed by atoms with E-state index in [0.29, 0.717) is 25.5 Å². The van der Waals surface area contributed by atoms with Crippen molar-refractivity contribution < 1.29 is 35.6 Å². The summed E-state index contributed by atoms with van der Waals surface area (Å²) in [5, 5.41) is 2.84. The van der Waals surface area contributed by atoms with Crippen LogP contribution in [0.4, 0.5) is 17.6 Å². The van der Waals surface area contributed by atoms with Crippen molar-refractivity contribution in [1.82, 2.24) is 10.2 Å². The molecule has 5 rings (SSSR count).